The third-order valence-corrected chi connectivity index (χ3v) is 2.84. The molecule has 0 aromatic heterocycles. The Hall–Kier alpha value is -0.230. The minimum Gasteiger partial charge on any atom is -0.117 e. The highest BCUT2D eigenvalue weighted by Gasteiger charge is 2.27. The van der Waals surface area contributed by atoms with Crippen LogP contribution >= 0.6 is 11.6 Å². The number of allylic oxidation sites excluding steroid dienone is 4. The highest BCUT2D eigenvalue weighted by molar-refractivity contribution is 6.23. The summed E-state index contributed by atoms with van der Waals surface area (Å²) in [5.74, 6) is 0. The molecule has 0 aromatic rings. The molecule has 0 saturated heterocycles. The van der Waals surface area contributed by atoms with Gasteiger partial charge in [-0.1, -0.05) is 37.6 Å². The molecule has 0 nitrogen and oxygen atoms in total. The van der Waals surface area contributed by atoms with Gasteiger partial charge in [0, 0.05) is 5.41 Å². The number of hydrogen-bond acceptors (Lipinski definition) is 0. The largest absolute Gasteiger partial charge is 0.117 e. The third kappa shape index (κ3) is 1.27. The van der Waals surface area contributed by atoms with Crippen LogP contribution in [0.1, 0.15) is 20.8 Å². The standard InChI is InChI=1S/C9H13Cl/c1-7-5-4-6-9(2,3)8(7)10/h4-6,8H,1-3H3. The number of halogens is 1. The van der Waals surface area contributed by atoms with Gasteiger partial charge in [0.2, 0.25) is 0 Å². The van der Waals surface area contributed by atoms with E-state index in [4.69, 9.17) is 11.6 Å². The molecule has 1 unspecified atom stereocenters. The monoisotopic (exact) mass is 156 g/mol. The Bertz CT molecular complexity index is 187. The van der Waals surface area contributed by atoms with Crippen molar-refractivity contribution in [3.8, 4) is 0 Å². The molecule has 0 heterocycles. The van der Waals surface area contributed by atoms with Crippen molar-refractivity contribution in [3.05, 3.63) is 23.8 Å². The predicted octanol–water partition coefficient (Wildman–Crippen LogP) is 3.14. The Balaban J connectivity index is 2.89. The highest BCUT2D eigenvalue weighted by atomic mass is 35.5. The molecule has 10 heavy (non-hydrogen) atoms. The predicted molar refractivity (Wildman–Crippen MR) is 46.3 cm³/mol. The lowest BCUT2D eigenvalue weighted by Crippen LogP contribution is -2.24. The molecule has 0 bridgehead atoms. The topological polar surface area (TPSA) is 0 Å². The van der Waals surface area contributed by atoms with E-state index in [-0.39, 0.29) is 10.8 Å². The van der Waals surface area contributed by atoms with Gasteiger partial charge in [0.1, 0.15) is 0 Å². The maximum absolute atomic E-state index is 6.14. The van der Waals surface area contributed by atoms with Crippen molar-refractivity contribution in [2.75, 3.05) is 0 Å². The molecular weight excluding hydrogens is 144 g/mol. The molecule has 56 valence electrons. The molecule has 0 aliphatic heterocycles. The molecule has 0 amide bonds. The average molecular weight is 157 g/mol. The van der Waals surface area contributed by atoms with Gasteiger partial charge in [-0.15, -0.1) is 11.6 Å². The van der Waals surface area contributed by atoms with Crippen molar-refractivity contribution >= 4 is 11.6 Å². The summed E-state index contributed by atoms with van der Waals surface area (Å²) in [6.07, 6.45) is 6.30. The Kier molecular flexibility index (Phi) is 1.91. The minimum atomic E-state index is 0.125. The lowest BCUT2D eigenvalue weighted by molar-refractivity contribution is 0.478. The Labute approximate surface area is 67.6 Å². The summed E-state index contributed by atoms with van der Waals surface area (Å²) in [5, 5.41) is 0.164. The lowest BCUT2D eigenvalue weighted by Gasteiger charge is -2.29. The third-order valence-electron chi connectivity index (χ3n) is 1.94. The first kappa shape index (κ1) is 7.87. The average Bonchev–Trinajstić information content (AvgIpc) is 1.83. The van der Waals surface area contributed by atoms with Crippen molar-refractivity contribution < 1.29 is 0 Å². The molecule has 1 heteroatoms. The summed E-state index contributed by atoms with van der Waals surface area (Å²) in [5.41, 5.74) is 1.38. The van der Waals surface area contributed by atoms with Gasteiger partial charge in [-0.3, -0.25) is 0 Å². The molecular formula is C9H13Cl. The first-order chi connectivity index (χ1) is 4.54. The van der Waals surface area contributed by atoms with Gasteiger partial charge < -0.3 is 0 Å². The summed E-state index contributed by atoms with van der Waals surface area (Å²) in [6, 6.07) is 0. The van der Waals surface area contributed by atoms with Crippen LogP contribution in [0.5, 0.6) is 0 Å². The smallest absolute Gasteiger partial charge is 0.0631 e. The normalized spacial score (nSPS) is 30.0. The summed E-state index contributed by atoms with van der Waals surface area (Å²) in [4.78, 5) is 0. The van der Waals surface area contributed by atoms with Crippen LogP contribution in [0, 0.1) is 5.41 Å². The van der Waals surface area contributed by atoms with Gasteiger partial charge in [0.25, 0.3) is 0 Å². The fourth-order valence-corrected chi connectivity index (χ4v) is 1.35. The molecule has 1 atom stereocenters. The van der Waals surface area contributed by atoms with Crippen LogP contribution in [0.3, 0.4) is 0 Å². The molecule has 0 N–H and O–H groups in total. The SMILES string of the molecule is CC1=CC=CC(C)(C)C1Cl. The van der Waals surface area contributed by atoms with Crippen LogP contribution in [0.15, 0.2) is 23.8 Å². The molecule has 1 rings (SSSR count). The van der Waals surface area contributed by atoms with Gasteiger partial charge in [-0.05, 0) is 6.92 Å². The number of hydrogen-bond donors (Lipinski definition) is 0. The van der Waals surface area contributed by atoms with Crippen LogP contribution < -0.4 is 0 Å². The molecule has 1 aliphatic carbocycles. The Morgan fingerprint density at radius 2 is 2.10 bits per heavy atom. The molecule has 0 spiro atoms. The number of alkyl halides is 1. The summed E-state index contributed by atoms with van der Waals surface area (Å²) >= 11 is 6.14. The second kappa shape index (κ2) is 2.43. The minimum absolute atomic E-state index is 0.125. The zero-order valence-corrected chi connectivity index (χ0v) is 7.44. The van der Waals surface area contributed by atoms with Gasteiger partial charge in [-0.2, -0.15) is 0 Å². The van der Waals surface area contributed by atoms with E-state index in [1.807, 2.05) is 0 Å². The van der Waals surface area contributed by atoms with Gasteiger partial charge in [0.15, 0.2) is 0 Å². The zero-order chi connectivity index (χ0) is 7.78. The van der Waals surface area contributed by atoms with Gasteiger partial charge in [-0.25, -0.2) is 0 Å². The van der Waals surface area contributed by atoms with E-state index in [1.165, 1.54) is 5.57 Å². The van der Waals surface area contributed by atoms with Crippen molar-refractivity contribution in [2.45, 2.75) is 26.1 Å². The fourth-order valence-electron chi connectivity index (χ4n) is 1.20. The van der Waals surface area contributed by atoms with Crippen LogP contribution in [0.2, 0.25) is 0 Å². The van der Waals surface area contributed by atoms with E-state index < -0.39 is 0 Å². The molecule has 1 aliphatic rings. The van der Waals surface area contributed by atoms with E-state index in [2.05, 4.69) is 39.0 Å². The van der Waals surface area contributed by atoms with Crippen molar-refractivity contribution in [2.24, 2.45) is 5.41 Å². The van der Waals surface area contributed by atoms with Crippen LogP contribution in [0.25, 0.3) is 0 Å². The Morgan fingerprint density at radius 3 is 2.50 bits per heavy atom. The summed E-state index contributed by atoms with van der Waals surface area (Å²) in [6.45, 7) is 6.37. The van der Waals surface area contributed by atoms with Crippen LogP contribution in [-0.4, -0.2) is 5.38 Å². The second-order valence-electron chi connectivity index (χ2n) is 3.45. The number of rotatable bonds is 0. The van der Waals surface area contributed by atoms with E-state index >= 15 is 0 Å². The van der Waals surface area contributed by atoms with E-state index in [1.54, 1.807) is 0 Å². The lowest BCUT2D eigenvalue weighted by atomic mass is 9.82. The maximum Gasteiger partial charge on any atom is 0.0631 e. The van der Waals surface area contributed by atoms with E-state index in [0.717, 1.165) is 0 Å². The quantitative estimate of drug-likeness (QED) is 0.473. The first-order valence-corrected chi connectivity index (χ1v) is 3.98. The molecule has 0 saturated carbocycles. The van der Waals surface area contributed by atoms with E-state index in [0.29, 0.717) is 0 Å². The van der Waals surface area contributed by atoms with Crippen molar-refractivity contribution in [3.63, 3.8) is 0 Å². The summed E-state index contributed by atoms with van der Waals surface area (Å²) in [7, 11) is 0. The van der Waals surface area contributed by atoms with Gasteiger partial charge >= 0.3 is 0 Å². The van der Waals surface area contributed by atoms with Crippen LogP contribution in [-0.2, 0) is 0 Å². The highest BCUT2D eigenvalue weighted by Crippen LogP contribution is 2.34. The van der Waals surface area contributed by atoms with E-state index in [9.17, 15) is 0 Å². The fraction of sp³-hybridized carbons (Fsp3) is 0.556. The Morgan fingerprint density at radius 1 is 1.50 bits per heavy atom. The van der Waals surface area contributed by atoms with Crippen LogP contribution in [0.4, 0.5) is 0 Å². The second-order valence-corrected chi connectivity index (χ2v) is 3.89. The van der Waals surface area contributed by atoms with Crippen molar-refractivity contribution in [1.29, 1.82) is 0 Å². The van der Waals surface area contributed by atoms with Crippen molar-refractivity contribution in [1.82, 2.24) is 0 Å². The zero-order valence-electron chi connectivity index (χ0n) is 6.69. The maximum atomic E-state index is 6.14. The molecule has 0 aromatic carbocycles. The van der Waals surface area contributed by atoms with Gasteiger partial charge in [0.05, 0.1) is 5.38 Å². The molecule has 0 fully saturated rings. The molecule has 0 radical (unpaired) electrons. The summed E-state index contributed by atoms with van der Waals surface area (Å²) < 4.78 is 0. The first-order valence-electron chi connectivity index (χ1n) is 3.54.